The minimum absolute atomic E-state index is 0.246. The maximum absolute atomic E-state index is 12.8. The molecule has 1 aromatic carbocycles. The van der Waals surface area contributed by atoms with E-state index in [1.165, 1.54) is 12.1 Å². The second-order valence-corrected chi connectivity index (χ2v) is 4.13. The Balaban J connectivity index is 2.34. The number of halogens is 1. The van der Waals surface area contributed by atoms with Gasteiger partial charge in [0.1, 0.15) is 18.2 Å². The van der Waals surface area contributed by atoms with E-state index in [9.17, 15) is 4.39 Å². The first-order valence-corrected chi connectivity index (χ1v) is 4.84. The summed E-state index contributed by atoms with van der Waals surface area (Å²) in [7, 11) is 1.99. The largest absolute Gasteiger partial charge is 0.491 e. The van der Waals surface area contributed by atoms with Crippen LogP contribution in [0.3, 0.4) is 0 Å². The Morgan fingerprint density at radius 1 is 1.54 bits per heavy atom. The van der Waals surface area contributed by atoms with Gasteiger partial charge in [-0.25, -0.2) is 8.70 Å². The van der Waals surface area contributed by atoms with Crippen LogP contribution in [-0.4, -0.2) is 24.5 Å². The molecule has 2 rings (SSSR count). The molecular formula is C9H10FNOS. The molecule has 0 N–H and O–H groups in total. The van der Waals surface area contributed by atoms with Crippen LogP contribution >= 0.6 is 11.9 Å². The van der Waals surface area contributed by atoms with Gasteiger partial charge in [0.25, 0.3) is 0 Å². The third-order valence-electron chi connectivity index (χ3n) is 1.82. The van der Waals surface area contributed by atoms with Crippen LogP contribution in [0.1, 0.15) is 0 Å². The molecule has 13 heavy (non-hydrogen) atoms. The topological polar surface area (TPSA) is 12.5 Å². The van der Waals surface area contributed by atoms with Crippen LogP contribution in [0.15, 0.2) is 23.1 Å². The second-order valence-electron chi connectivity index (χ2n) is 2.88. The van der Waals surface area contributed by atoms with Crippen LogP contribution in [0.5, 0.6) is 5.75 Å². The molecule has 0 spiro atoms. The Morgan fingerprint density at radius 2 is 2.38 bits per heavy atom. The van der Waals surface area contributed by atoms with Crippen LogP contribution in [0, 0.1) is 5.82 Å². The van der Waals surface area contributed by atoms with Crippen molar-refractivity contribution in [3.05, 3.63) is 24.0 Å². The van der Waals surface area contributed by atoms with E-state index < -0.39 is 0 Å². The van der Waals surface area contributed by atoms with E-state index in [1.807, 2.05) is 7.05 Å². The Labute approximate surface area is 80.8 Å². The van der Waals surface area contributed by atoms with E-state index in [-0.39, 0.29) is 5.82 Å². The summed E-state index contributed by atoms with van der Waals surface area (Å²) in [5.74, 6) is 0.401. The zero-order chi connectivity index (χ0) is 9.26. The van der Waals surface area contributed by atoms with Gasteiger partial charge >= 0.3 is 0 Å². The Morgan fingerprint density at radius 3 is 3.23 bits per heavy atom. The van der Waals surface area contributed by atoms with Gasteiger partial charge in [-0.3, -0.25) is 0 Å². The molecule has 0 unspecified atom stereocenters. The van der Waals surface area contributed by atoms with E-state index in [2.05, 4.69) is 4.31 Å². The maximum atomic E-state index is 12.8. The van der Waals surface area contributed by atoms with Gasteiger partial charge in [0.2, 0.25) is 0 Å². The van der Waals surface area contributed by atoms with E-state index in [0.29, 0.717) is 12.4 Å². The first-order valence-electron chi connectivity index (χ1n) is 4.07. The van der Waals surface area contributed by atoms with Gasteiger partial charge < -0.3 is 4.74 Å². The average Bonchev–Trinajstić information content (AvgIpc) is 2.25. The molecule has 0 amide bonds. The summed E-state index contributed by atoms with van der Waals surface area (Å²) >= 11 is 1.58. The van der Waals surface area contributed by atoms with Crippen molar-refractivity contribution in [2.24, 2.45) is 0 Å². The molecular weight excluding hydrogens is 189 g/mol. The first-order chi connectivity index (χ1) is 6.25. The molecule has 0 saturated heterocycles. The number of fused-ring (bicyclic) bond motifs is 1. The molecule has 1 aromatic rings. The molecule has 2 nitrogen and oxygen atoms in total. The molecule has 0 aromatic heterocycles. The first kappa shape index (κ1) is 8.84. The number of benzene rings is 1. The molecule has 1 aliphatic heterocycles. The highest BCUT2D eigenvalue weighted by Gasteiger charge is 2.13. The predicted molar refractivity (Wildman–Crippen MR) is 50.4 cm³/mol. The molecule has 0 aliphatic carbocycles. The molecule has 0 radical (unpaired) electrons. The maximum Gasteiger partial charge on any atom is 0.137 e. The van der Waals surface area contributed by atoms with Gasteiger partial charge in [0.05, 0.1) is 4.90 Å². The lowest BCUT2D eigenvalue weighted by Gasteiger charge is -2.09. The average molecular weight is 199 g/mol. The van der Waals surface area contributed by atoms with Gasteiger partial charge in [0.15, 0.2) is 0 Å². The molecule has 0 saturated carbocycles. The highest BCUT2D eigenvalue weighted by atomic mass is 32.2. The van der Waals surface area contributed by atoms with Crippen LogP contribution in [0.4, 0.5) is 4.39 Å². The summed E-state index contributed by atoms with van der Waals surface area (Å²) in [6.07, 6.45) is 0. The summed E-state index contributed by atoms with van der Waals surface area (Å²) in [4.78, 5) is 0.974. The Hall–Kier alpha value is -0.740. The van der Waals surface area contributed by atoms with Crippen molar-refractivity contribution in [2.75, 3.05) is 20.2 Å². The quantitative estimate of drug-likeness (QED) is 0.594. The van der Waals surface area contributed by atoms with Crippen LogP contribution in [-0.2, 0) is 0 Å². The fourth-order valence-electron chi connectivity index (χ4n) is 1.17. The summed E-state index contributed by atoms with van der Waals surface area (Å²) in [5, 5.41) is 0. The fourth-order valence-corrected chi connectivity index (χ4v) is 2.01. The van der Waals surface area contributed by atoms with Crippen LogP contribution in [0.25, 0.3) is 0 Å². The summed E-state index contributed by atoms with van der Waals surface area (Å²) in [6.45, 7) is 1.46. The van der Waals surface area contributed by atoms with Crippen molar-refractivity contribution >= 4 is 11.9 Å². The van der Waals surface area contributed by atoms with Crippen molar-refractivity contribution in [1.82, 2.24) is 4.31 Å². The number of hydrogen-bond donors (Lipinski definition) is 0. The van der Waals surface area contributed by atoms with Crippen molar-refractivity contribution in [3.8, 4) is 5.75 Å². The van der Waals surface area contributed by atoms with E-state index in [4.69, 9.17) is 4.74 Å². The highest BCUT2D eigenvalue weighted by molar-refractivity contribution is 7.97. The molecule has 1 aliphatic rings. The monoisotopic (exact) mass is 199 g/mol. The molecule has 4 heteroatoms. The van der Waals surface area contributed by atoms with E-state index in [1.54, 1.807) is 18.0 Å². The highest BCUT2D eigenvalue weighted by Crippen LogP contribution is 2.33. The SMILES string of the molecule is CN1CCOc2cc(F)ccc2S1. The van der Waals surface area contributed by atoms with Gasteiger partial charge in [0, 0.05) is 12.6 Å². The van der Waals surface area contributed by atoms with E-state index in [0.717, 1.165) is 11.4 Å². The van der Waals surface area contributed by atoms with Crippen LogP contribution < -0.4 is 4.74 Å². The van der Waals surface area contributed by atoms with Gasteiger partial charge in [-0.15, -0.1) is 0 Å². The van der Waals surface area contributed by atoms with E-state index >= 15 is 0 Å². The second kappa shape index (κ2) is 3.55. The Kier molecular flexibility index (Phi) is 2.42. The number of likely N-dealkylation sites (N-methyl/N-ethyl adjacent to an activating group) is 1. The minimum Gasteiger partial charge on any atom is -0.491 e. The van der Waals surface area contributed by atoms with Crippen molar-refractivity contribution in [3.63, 3.8) is 0 Å². The molecule has 0 bridgehead atoms. The van der Waals surface area contributed by atoms with Crippen LogP contribution in [0.2, 0.25) is 0 Å². The normalized spacial score (nSPS) is 17.4. The summed E-state index contributed by atoms with van der Waals surface area (Å²) < 4.78 is 20.3. The van der Waals surface area contributed by atoms with Crippen molar-refractivity contribution in [1.29, 1.82) is 0 Å². The Bertz CT molecular complexity index is 318. The van der Waals surface area contributed by atoms with Gasteiger partial charge in [-0.1, -0.05) is 0 Å². The zero-order valence-corrected chi connectivity index (χ0v) is 8.10. The number of nitrogens with zero attached hydrogens (tertiary/aromatic N) is 1. The standard InChI is InChI=1S/C9H10FNOS/c1-11-4-5-12-8-6-7(10)2-3-9(8)13-11/h2-3,6H,4-5H2,1H3. The summed E-state index contributed by atoms with van der Waals surface area (Å²) in [6, 6.07) is 4.63. The summed E-state index contributed by atoms with van der Waals surface area (Å²) in [5.41, 5.74) is 0. The van der Waals surface area contributed by atoms with Crippen molar-refractivity contribution in [2.45, 2.75) is 4.90 Å². The van der Waals surface area contributed by atoms with Crippen molar-refractivity contribution < 1.29 is 9.13 Å². The molecule has 1 heterocycles. The number of rotatable bonds is 0. The number of ether oxygens (including phenoxy) is 1. The fraction of sp³-hybridized carbons (Fsp3) is 0.333. The molecule has 0 fully saturated rings. The lowest BCUT2D eigenvalue weighted by Crippen LogP contribution is -2.14. The van der Waals surface area contributed by atoms with Gasteiger partial charge in [-0.05, 0) is 31.1 Å². The third-order valence-corrected chi connectivity index (χ3v) is 2.85. The third kappa shape index (κ3) is 1.95. The van der Waals surface area contributed by atoms with Gasteiger partial charge in [-0.2, -0.15) is 0 Å². The lowest BCUT2D eigenvalue weighted by molar-refractivity contribution is 0.294. The smallest absolute Gasteiger partial charge is 0.137 e. The predicted octanol–water partition coefficient (Wildman–Crippen LogP) is 2.16. The minimum atomic E-state index is -0.246. The molecule has 70 valence electrons. The zero-order valence-electron chi connectivity index (χ0n) is 7.29. The molecule has 0 atom stereocenters. The lowest BCUT2D eigenvalue weighted by atomic mass is 10.3. The number of hydrogen-bond acceptors (Lipinski definition) is 3.